The number of benzene rings is 1. The molecular weight excluding hydrogens is 251 g/mol. The van der Waals surface area contributed by atoms with Gasteiger partial charge < -0.3 is 0 Å². The van der Waals surface area contributed by atoms with Crippen molar-refractivity contribution in [1.82, 2.24) is 0 Å². The van der Waals surface area contributed by atoms with Crippen molar-refractivity contribution in [2.24, 2.45) is 0 Å². The van der Waals surface area contributed by atoms with E-state index in [4.69, 9.17) is 10.5 Å². The van der Waals surface area contributed by atoms with E-state index in [0.29, 0.717) is 6.42 Å². The third kappa shape index (κ3) is 2.96. The average molecular weight is 261 g/mol. The molecule has 74 valence electrons. The molecule has 0 aromatic heterocycles. The molecule has 1 aromatic rings. The Morgan fingerprint density at radius 2 is 1.87 bits per heavy atom. The van der Waals surface area contributed by atoms with Crippen molar-refractivity contribution < 1.29 is 0 Å². The Bertz CT molecular complexity index is 397. The quantitative estimate of drug-likeness (QED) is 0.613. The molecule has 0 bridgehead atoms. The van der Waals surface area contributed by atoms with Crippen molar-refractivity contribution >= 4 is 19.4 Å². The third-order valence-electron chi connectivity index (χ3n) is 1.83. The zero-order valence-corrected chi connectivity index (χ0v) is 9.89. The van der Waals surface area contributed by atoms with E-state index in [1.165, 1.54) is 0 Å². The summed E-state index contributed by atoms with van der Waals surface area (Å²) >= 11 is -0.161. The van der Waals surface area contributed by atoms with Crippen molar-refractivity contribution in [2.45, 2.75) is 10.7 Å². The molecule has 0 fully saturated rings. The van der Waals surface area contributed by atoms with Gasteiger partial charge in [-0.25, -0.2) is 0 Å². The predicted molar refractivity (Wildman–Crippen MR) is 60.6 cm³/mol. The molecule has 0 N–H and O–H groups in total. The Hall–Kier alpha value is -1.54. The second-order valence-corrected chi connectivity index (χ2v) is 5.84. The van der Waals surface area contributed by atoms with Crippen LogP contribution in [-0.2, 0) is 0 Å². The molecule has 3 heteroatoms. The van der Waals surface area contributed by atoms with Gasteiger partial charge in [-0.15, -0.1) is 0 Å². The third-order valence-corrected chi connectivity index (χ3v) is 4.36. The van der Waals surface area contributed by atoms with Crippen LogP contribution in [0.2, 0.25) is 4.31 Å². The first kappa shape index (κ1) is 11.5. The van der Waals surface area contributed by atoms with Crippen LogP contribution in [0.3, 0.4) is 0 Å². The molecule has 1 aromatic carbocycles. The fraction of sp³-hybridized carbons (Fsp3) is 0.167. The molecular formula is C12H10N2Se. The predicted octanol–water partition coefficient (Wildman–Crippen LogP) is 1.80. The van der Waals surface area contributed by atoms with Gasteiger partial charge in [-0.05, 0) is 0 Å². The van der Waals surface area contributed by atoms with E-state index in [1.54, 1.807) is 6.08 Å². The molecule has 0 amide bonds. The molecule has 0 saturated heterocycles. The maximum absolute atomic E-state index is 9.06. The normalized spacial score (nSPS) is 10.0. The van der Waals surface area contributed by atoms with Crippen LogP contribution >= 0.6 is 0 Å². The summed E-state index contributed by atoms with van der Waals surface area (Å²) in [6, 6.07) is 13.9. The number of hydrogen-bond donors (Lipinski definition) is 0. The standard InChI is InChI=1S/C12H10N2Se/c1-2-8-12(9-13,10-14)15-11-6-4-3-5-7-11/h2-7H,1,8H2. The van der Waals surface area contributed by atoms with Gasteiger partial charge in [0.05, 0.1) is 0 Å². The van der Waals surface area contributed by atoms with Gasteiger partial charge >= 0.3 is 95.8 Å². The van der Waals surface area contributed by atoms with E-state index in [1.807, 2.05) is 30.3 Å². The number of rotatable bonds is 4. The van der Waals surface area contributed by atoms with Crippen LogP contribution in [0.15, 0.2) is 43.0 Å². The minimum absolute atomic E-state index is 0.161. The molecule has 0 heterocycles. The van der Waals surface area contributed by atoms with Gasteiger partial charge in [0.25, 0.3) is 0 Å². The molecule has 15 heavy (non-hydrogen) atoms. The van der Waals surface area contributed by atoms with Gasteiger partial charge in [-0.2, -0.15) is 0 Å². The first-order chi connectivity index (χ1) is 7.26. The minimum atomic E-state index is -0.907. The first-order valence-corrected chi connectivity index (χ1v) is 6.15. The van der Waals surface area contributed by atoms with E-state index in [2.05, 4.69) is 18.7 Å². The summed E-state index contributed by atoms with van der Waals surface area (Å²) in [5.74, 6) is 0. The fourth-order valence-corrected chi connectivity index (χ4v) is 3.17. The van der Waals surface area contributed by atoms with Gasteiger partial charge in [-0.3, -0.25) is 0 Å². The van der Waals surface area contributed by atoms with Crippen molar-refractivity contribution in [2.75, 3.05) is 0 Å². The van der Waals surface area contributed by atoms with Gasteiger partial charge in [0, 0.05) is 0 Å². The van der Waals surface area contributed by atoms with E-state index < -0.39 is 4.31 Å². The van der Waals surface area contributed by atoms with Crippen LogP contribution < -0.4 is 4.46 Å². The van der Waals surface area contributed by atoms with Crippen molar-refractivity contribution in [1.29, 1.82) is 10.5 Å². The van der Waals surface area contributed by atoms with E-state index in [0.717, 1.165) is 4.46 Å². The van der Waals surface area contributed by atoms with Crippen molar-refractivity contribution in [3.63, 3.8) is 0 Å². The summed E-state index contributed by atoms with van der Waals surface area (Å²) in [5, 5.41) is 18.1. The number of hydrogen-bond acceptors (Lipinski definition) is 2. The van der Waals surface area contributed by atoms with Crippen LogP contribution in [0.1, 0.15) is 6.42 Å². The van der Waals surface area contributed by atoms with Crippen LogP contribution in [0.4, 0.5) is 0 Å². The van der Waals surface area contributed by atoms with Gasteiger partial charge in [0.15, 0.2) is 0 Å². The molecule has 0 aliphatic rings. The number of allylic oxidation sites excluding steroid dienone is 1. The number of nitriles is 2. The number of nitrogens with zero attached hydrogens (tertiary/aromatic N) is 2. The van der Waals surface area contributed by atoms with E-state index in [9.17, 15) is 0 Å². The first-order valence-electron chi connectivity index (χ1n) is 4.44. The summed E-state index contributed by atoms with van der Waals surface area (Å²) in [5.41, 5.74) is 0. The average Bonchev–Trinajstić information content (AvgIpc) is 2.30. The second kappa shape index (κ2) is 5.37. The van der Waals surface area contributed by atoms with Crippen LogP contribution in [0, 0.1) is 22.7 Å². The summed E-state index contributed by atoms with van der Waals surface area (Å²) in [4.78, 5) is 0. The Kier molecular flexibility index (Phi) is 4.13. The Balaban J connectivity index is 2.91. The molecule has 0 radical (unpaired) electrons. The zero-order chi connectivity index (χ0) is 11.1. The SMILES string of the molecule is C=CCC(C#N)(C#N)[Se]c1ccccc1. The monoisotopic (exact) mass is 262 g/mol. The summed E-state index contributed by atoms with van der Waals surface area (Å²) in [6.45, 7) is 3.59. The molecule has 2 nitrogen and oxygen atoms in total. The van der Waals surface area contributed by atoms with Crippen molar-refractivity contribution in [3.05, 3.63) is 43.0 Å². The molecule has 0 unspecified atom stereocenters. The molecule has 0 saturated carbocycles. The molecule has 1 rings (SSSR count). The van der Waals surface area contributed by atoms with E-state index >= 15 is 0 Å². The topological polar surface area (TPSA) is 47.6 Å². The van der Waals surface area contributed by atoms with Crippen LogP contribution in [0.5, 0.6) is 0 Å². The Morgan fingerprint density at radius 3 is 2.33 bits per heavy atom. The van der Waals surface area contributed by atoms with Crippen molar-refractivity contribution in [3.8, 4) is 12.1 Å². The molecule has 0 aliphatic heterocycles. The van der Waals surface area contributed by atoms with Gasteiger partial charge in [0.1, 0.15) is 0 Å². The summed E-state index contributed by atoms with van der Waals surface area (Å²) in [6.07, 6.45) is 2.06. The molecule has 0 aliphatic carbocycles. The van der Waals surface area contributed by atoms with Crippen LogP contribution in [0.25, 0.3) is 0 Å². The van der Waals surface area contributed by atoms with E-state index in [-0.39, 0.29) is 15.0 Å². The van der Waals surface area contributed by atoms with Crippen LogP contribution in [-0.4, -0.2) is 15.0 Å². The summed E-state index contributed by atoms with van der Waals surface area (Å²) < 4.78 is 0.158. The Labute approximate surface area is 96.0 Å². The maximum atomic E-state index is 9.06. The van der Waals surface area contributed by atoms with Gasteiger partial charge in [-0.1, -0.05) is 0 Å². The zero-order valence-electron chi connectivity index (χ0n) is 8.18. The Morgan fingerprint density at radius 1 is 1.27 bits per heavy atom. The molecule has 0 atom stereocenters. The second-order valence-electron chi connectivity index (χ2n) is 2.96. The molecule has 0 spiro atoms. The summed E-state index contributed by atoms with van der Waals surface area (Å²) in [7, 11) is 0. The van der Waals surface area contributed by atoms with Gasteiger partial charge in [0.2, 0.25) is 0 Å². The fourth-order valence-electron chi connectivity index (χ4n) is 1.10.